The fourth-order valence-electron chi connectivity index (χ4n) is 2.00. The van der Waals surface area contributed by atoms with Crippen LogP contribution in [0.15, 0.2) is 53.4 Å². The standard InChI is InChI=1S/C16H13ClN2O6S/c1-25-13-6-7-15(14(10-13)19(21)22)26(23,24)18-16(20)8-5-11-3-2-4-12(17)9-11/h2-10H,1H3,(H,18,20)/b8-5+. The first kappa shape index (κ1) is 19.4. The Bertz CT molecular complexity index is 988. The molecule has 2 aromatic carbocycles. The highest BCUT2D eigenvalue weighted by molar-refractivity contribution is 7.90. The normalized spacial score (nSPS) is 11.3. The molecule has 0 saturated carbocycles. The molecule has 10 heteroatoms. The molecule has 1 amide bonds. The number of nitrogens with one attached hydrogen (secondary N) is 1. The molecule has 1 N–H and O–H groups in total. The van der Waals surface area contributed by atoms with Crippen LogP contribution < -0.4 is 9.46 Å². The van der Waals surface area contributed by atoms with E-state index >= 15 is 0 Å². The lowest BCUT2D eigenvalue weighted by Crippen LogP contribution is -2.29. The second-order valence-electron chi connectivity index (χ2n) is 4.95. The van der Waals surface area contributed by atoms with Crippen LogP contribution in [0.3, 0.4) is 0 Å². The van der Waals surface area contributed by atoms with E-state index in [4.69, 9.17) is 16.3 Å². The van der Waals surface area contributed by atoms with Crippen molar-refractivity contribution in [1.29, 1.82) is 0 Å². The summed E-state index contributed by atoms with van der Waals surface area (Å²) < 4.78 is 31.2. The summed E-state index contributed by atoms with van der Waals surface area (Å²) in [7, 11) is -3.16. The van der Waals surface area contributed by atoms with Crippen molar-refractivity contribution in [2.24, 2.45) is 0 Å². The maximum absolute atomic E-state index is 12.3. The van der Waals surface area contributed by atoms with Crippen molar-refractivity contribution in [3.8, 4) is 5.75 Å². The molecular weight excluding hydrogens is 384 g/mol. The Morgan fingerprint density at radius 1 is 1.27 bits per heavy atom. The fourth-order valence-corrected chi connectivity index (χ4v) is 3.30. The molecule has 0 saturated heterocycles. The zero-order valence-electron chi connectivity index (χ0n) is 13.4. The van der Waals surface area contributed by atoms with Gasteiger partial charge in [-0.2, -0.15) is 0 Å². The van der Waals surface area contributed by atoms with Gasteiger partial charge in [0.1, 0.15) is 5.75 Å². The van der Waals surface area contributed by atoms with E-state index in [-0.39, 0.29) is 5.75 Å². The van der Waals surface area contributed by atoms with Crippen molar-refractivity contribution in [2.45, 2.75) is 4.90 Å². The zero-order valence-corrected chi connectivity index (χ0v) is 15.0. The molecule has 0 atom stereocenters. The predicted octanol–water partition coefficient (Wildman–Crippen LogP) is 2.78. The Hall–Kier alpha value is -2.91. The maximum atomic E-state index is 12.3. The number of nitro groups is 1. The van der Waals surface area contributed by atoms with Crippen molar-refractivity contribution < 1.29 is 22.9 Å². The highest BCUT2D eigenvalue weighted by Gasteiger charge is 2.27. The number of carbonyl (C=O) groups excluding carboxylic acids is 1. The second kappa shape index (κ2) is 7.98. The Balaban J connectivity index is 2.25. The van der Waals surface area contributed by atoms with Gasteiger partial charge in [0.25, 0.3) is 21.6 Å². The predicted molar refractivity (Wildman–Crippen MR) is 95.5 cm³/mol. The van der Waals surface area contributed by atoms with Gasteiger partial charge in [-0.15, -0.1) is 0 Å². The lowest BCUT2D eigenvalue weighted by molar-refractivity contribution is -0.387. The number of benzene rings is 2. The number of rotatable bonds is 6. The maximum Gasteiger partial charge on any atom is 0.293 e. The Labute approximate surface area is 154 Å². The van der Waals surface area contributed by atoms with Gasteiger partial charge in [0, 0.05) is 11.1 Å². The van der Waals surface area contributed by atoms with Crippen LogP contribution in [0.2, 0.25) is 5.02 Å². The van der Waals surface area contributed by atoms with Gasteiger partial charge in [0.2, 0.25) is 0 Å². The molecule has 0 bridgehead atoms. The van der Waals surface area contributed by atoms with Crippen LogP contribution in [-0.2, 0) is 14.8 Å². The first-order valence-corrected chi connectivity index (χ1v) is 8.92. The van der Waals surface area contributed by atoms with Crippen LogP contribution in [0.1, 0.15) is 5.56 Å². The fraction of sp³-hybridized carbons (Fsp3) is 0.0625. The Morgan fingerprint density at radius 3 is 2.62 bits per heavy atom. The van der Waals surface area contributed by atoms with Gasteiger partial charge in [-0.05, 0) is 35.9 Å². The minimum atomic E-state index is -4.45. The summed E-state index contributed by atoms with van der Waals surface area (Å²) in [5.74, 6) is -0.849. The molecule has 26 heavy (non-hydrogen) atoms. The van der Waals surface area contributed by atoms with Gasteiger partial charge in [-0.1, -0.05) is 23.7 Å². The SMILES string of the molecule is COc1ccc(S(=O)(=O)NC(=O)/C=C/c2cccc(Cl)c2)c([N+](=O)[O-])c1. The molecule has 0 aliphatic carbocycles. The molecule has 2 aromatic rings. The lowest BCUT2D eigenvalue weighted by Gasteiger charge is -2.07. The zero-order chi connectivity index (χ0) is 19.3. The highest BCUT2D eigenvalue weighted by atomic mass is 35.5. The number of nitro benzene ring substituents is 1. The summed E-state index contributed by atoms with van der Waals surface area (Å²) >= 11 is 5.81. The van der Waals surface area contributed by atoms with E-state index in [0.717, 1.165) is 18.2 Å². The number of hydrogen-bond donors (Lipinski definition) is 1. The minimum absolute atomic E-state index is 0.114. The van der Waals surface area contributed by atoms with Crippen LogP contribution in [0.5, 0.6) is 5.75 Å². The largest absolute Gasteiger partial charge is 0.497 e. The van der Waals surface area contributed by atoms with E-state index in [2.05, 4.69) is 0 Å². The number of amides is 1. The van der Waals surface area contributed by atoms with Crippen LogP contribution in [0.4, 0.5) is 5.69 Å². The molecule has 0 radical (unpaired) electrons. The van der Waals surface area contributed by atoms with Crippen molar-refractivity contribution >= 4 is 39.3 Å². The summed E-state index contributed by atoms with van der Waals surface area (Å²) in [6.07, 6.45) is 2.34. The third-order valence-electron chi connectivity index (χ3n) is 3.16. The summed E-state index contributed by atoms with van der Waals surface area (Å²) in [5, 5.41) is 11.6. The average molecular weight is 397 g/mol. The first-order valence-electron chi connectivity index (χ1n) is 7.06. The van der Waals surface area contributed by atoms with Gasteiger partial charge < -0.3 is 4.74 Å². The minimum Gasteiger partial charge on any atom is -0.497 e. The van der Waals surface area contributed by atoms with Gasteiger partial charge in [0.15, 0.2) is 4.90 Å². The van der Waals surface area contributed by atoms with Crippen LogP contribution >= 0.6 is 11.6 Å². The van der Waals surface area contributed by atoms with Gasteiger partial charge in [-0.3, -0.25) is 14.9 Å². The third kappa shape index (κ3) is 4.80. The van der Waals surface area contributed by atoms with Crippen molar-refractivity contribution in [3.05, 3.63) is 69.2 Å². The smallest absolute Gasteiger partial charge is 0.293 e. The van der Waals surface area contributed by atoms with E-state index < -0.39 is 31.4 Å². The van der Waals surface area contributed by atoms with Gasteiger partial charge in [0.05, 0.1) is 18.1 Å². The van der Waals surface area contributed by atoms with E-state index in [0.29, 0.717) is 10.6 Å². The molecular formula is C16H13ClN2O6S. The second-order valence-corrected chi connectivity index (χ2v) is 7.04. The van der Waals surface area contributed by atoms with Crippen LogP contribution in [0.25, 0.3) is 6.08 Å². The van der Waals surface area contributed by atoms with E-state index in [1.165, 1.54) is 19.3 Å². The van der Waals surface area contributed by atoms with Crippen molar-refractivity contribution in [1.82, 2.24) is 4.72 Å². The number of hydrogen-bond acceptors (Lipinski definition) is 6. The number of nitrogens with zero attached hydrogens (tertiary/aromatic N) is 1. The lowest BCUT2D eigenvalue weighted by atomic mass is 10.2. The molecule has 0 aliphatic heterocycles. The van der Waals surface area contributed by atoms with Crippen molar-refractivity contribution in [3.63, 3.8) is 0 Å². The third-order valence-corrected chi connectivity index (χ3v) is 4.79. The summed E-state index contributed by atoms with van der Waals surface area (Å²) in [5.41, 5.74) is -0.121. The van der Waals surface area contributed by atoms with Crippen LogP contribution in [0, 0.1) is 10.1 Å². The Kier molecular flexibility index (Phi) is 5.96. The van der Waals surface area contributed by atoms with Crippen molar-refractivity contribution in [2.75, 3.05) is 7.11 Å². The highest BCUT2D eigenvalue weighted by Crippen LogP contribution is 2.28. The summed E-state index contributed by atoms with van der Waals surface area (Å²) in [6.45, 7) is 0. The molecule has 0 unspecified atom stereocenters. The summed E-state index contributed by atoms with van der Waals surface area (Å²) in [6, 6.07) is 9.75. The molecule has 0 fully saturated rings. The van der Waals surface area contributed by atoms with Crippen LogP contribution in [-0.4, -0.2) is 26.4 Å². The quantitative estimate of drug-likeness (QED) is 0.456. The van der Waals surface area contributed by atoms with E-state index in [1.54, 1.807) is 29.0 Å². The first-order chi connectivity index (χ1) is 12.2. The molecule has 0 spiro atoms. The number of carbonyl (C=O) groups is 1. The van der Waals surface area contributed by atoms with Gasteiger partial charge >= 0.3 is 0 Å². The molecule has 0 heterocycles. The van der Waals surface area contributed by atoms with E-state index in [9.17, 15) is 23.3 Å². The number of halogens is 1. The monoisotopic (exact) mass is 396 g/mol. The Morgan fingerprint density at radius 2 is 2.00 bits per heavy atom. The average Bonchev–Trinajstić information content (AvgIpc) is 2.59. The molecule has 8 nitrogen and oxygen atoms in total. The molecule has 0 aromatic heterocycles. The topological polar surface area (TPSA) is 116 Å². The molecule has 2 rings (SSSR count). The number of methoxy groups -OCH3 is 1. The van der Waals surface area contributed by atoms with Gasteiger partial charge in [-0.25, -0.2) is 13.1 Å². The summed E-state index contributed by atoms with van der Waals surface area (Å²) in [4.78, 5) is 21.5. The molecule has 0 aliphatic rings. The number of sulfonamides is 1. The number of ether oxygens (including phenoxy) is 1. The molecule has 136 valence electrons. The van der Waals surface area contributed by atoms with E-state index in [1.807, 2.05) is 0 Å².